The number of likely N-dealkylation sites (tertiary alicyclic amines) is 1. The number of hydrogen-bond acceptors (Lipinski definition) is 5. The van der Waals surface area contributed by atoms with Crippen molar-refractivity contribution in [2.75, 3.05) is 0 Å². The Morgan fingerprint density at radius 2 is 1.50 bits per heavy atom. The Bertz CT molecular complexity index is 1510. The number of Topliss-reactive ketones (excluding diaryl/α,β-unsaturated/α-hetero) is 1. The van der Waals surface area contributed by atoms with Gasteiger partial charge in [0.05, 0.1) is 17.4 Å². The Hall–Kier alpha value is -4.06. The zero-order valence-corrected chi connectivity index (χ0v) is 20.9. The molecule has 0 aromatic heterocycles. The van der Waals surface area contributed by atoms with Gasteiger partial charge in [0.25, 0.3) is 0 Å². The van der Waals surface area contributed by atoms with E-state index < -0.39 is 23.8 Å². The lowest BCUT2D eigenvalue weighted by Gasteiger charge is -2.37. The molecule has 1 saturated heterocycles. The van der Waals surface area contributed by atoms with Gasteiger partial charge in [-0.3, -0.25) is 19.3 Å². The topological polar surface area (TPSA) is 80.8 Å². The quantitative estimate of drug-likeness (QED) is 0.161. The van der Waals surface area contributed by atoms with Gasteiger partial charge in [0.2, 0.25) is 11.8 Å². The molecule has 5 aliphatic rings. The highest BCUT2D eigenvalue weighted by molar-refractivity contribution is 6.10. The van der Waals surface area contributed by atoms with Crippen molar-refractivity contribution in [1.82, 2.24) is 4.90 Å². The molecule has 6 nitrogen and oxygen atoms in total. The highest BCUT2D eigenvalue weighted by Crippen LogP contribution is 2.65. The van der Waals surface area contributed by atoms with Crippen molar-refractivity contribution >= 4 is 34.3 Å². The van der Waals surface area contributed by atoms with E-state index in [1.54, 1.807) is 12.1 Å². The summed E-state index contributed by atoms with van der Waals surface area (Å²) in [5.74, 6) is -1.07. The molecule has 2 amide bonds. The number of ketones is 1. The molecule has 0 spiro atoms. The standard InChI is InChI=1S/C32H27NO5/c1-17(34)20-12-11-19-9-5-6-10-21(19)29(20)38-32(37)26(15-18-7-3-2-4-8-18)33-30(35)27-22-13-14-23(25-16-24(22)25)28(27)31(33)36/h2-14,22-28H,15-16H2,1H3/t22-,23-,24-,25+,26-,27+,28+/m0/s1. The average Bonchev–Trinajstić information content (AvgIpc) is 3.71. The summed E-state index contributed by atoms with van der Waals surface area (Å²) in [7, 11) is 0. The van der Waals surface area contributed by atoms with Crippen LogP contribution in [0.4, 0.5) is 0 Å². The molecule has 2 bridgehead atoms. The van der Waals surface area contributed by atoms with Crippen LogP contribution in [0, 0.1) is 35.5 Å². The smallest absolute Gasteiger partial charge is 0.335 e. The SMILES string of the molecule is CC(=O)c1ccc2ccccc2c1OC(=O)[C@H](Cc1ccccc1)N1C(=O)[C@@H]2[C@H]3C=C[C@@H]([C@@H]4C[C@H]34)[C@H]2C1=O. The highest BCUT2D eigenvalue weighted by atomic mass is 16.5. The zero-order chi connectivity index (χ0) is 26.1. The van der Waals surface area contributed by atoms with Crippen LogP contribution in [-0.2, 0) is 20.8 Å². The fraction of sp³-hybridized carbons (Fsp3) is 0.312. The zero-order valence-electron chi connectivity index (χ0n) is 20.9. The Balaban J connectivity index is 1.28. The second-order valence-electron chi connectivity index (χ2n) is 11.0. The maximum Gasteiger partial charge on any atom is 0.335 e. The van der Waals surface area contributed by atoms with Gasteiger partial charge < -0.3 is 4.74 Å². The Morgan fingerprint density at radius 1 is 0.868 bits per heavy atom. The molecule has 2 saturated carbocycles. The molecular formula is C32H27NO5. The van der Waals surface area contributed by atoms with Crippen molar-refractivity contribution < 1.29 is 23.9 Å². The molecule has 7 atom stereocenters. The van der Waals surface area contributed by atoms with E-state index in [4.69, 9.17) is 4.74 Å². The molecule has 1 aliphatic heterocycles. The molecule has 4 aliphatic carbocycles. The van der Waals surface area contributed by atoms with Gasteiger partial charge in [-0.2, -0.15) is 0 Å². The number of carbonyl (C=O) groups excluding carboxylic acids is 4. The van der Waals surface area contributed by atoms with E-state index in [1.165, 1.54) is 11.8 Å². The van der Waals surface area contributed by atoms with Crippen LogP contribution in [0.1, 0.15) is 29.3 Å². The van der Waals surface area contributed by atoms with E-state index >= 15 is 0 Å². The number of benzene rings is 3. The number of hydrogen-bond donors (Lipinski definition) is 0. The normalized spacial score (nSPS) is 29.2. The third kappa shape index (κ3) is 3.39. The van der Waals surface area contributed by atoms with Gasteiger partial charge in [0.15, 0.2) is 5.78 Å². The first-order valence-electron chi connectivity index (χ1n) is 13.3. The average molecular weight is 506 g/mol. The van der Waals surface area contributed by atoms with Gasteiger partial charge in [-0.25, -0.2) is 4.79 Å². The summed E-state index contributed by atoms with van der Waals surface area (Å²) in [6.45, 7) is 1.43. The van der Waals surface area contributed by atoms with Crippen molar-refractivity contribution in [1.29, 1.82) is 0 Å². The number of ether oxygens (including phenoxy) is 1. The van der Waals surface area contributed by atoms with Crippen LogP contribution in [0.25, 0.3) is 10.8 Å². The van der Waals surface area contributed by atoms with E-state index in [2.05, 4.69) is 12.2 Å². The highest BCUT2D eigenvalue weighted by Gasteiger charge is 2.68. The third-order valence-corrected chi connectivity index (χ3v) is 9.01. The molecule has 0 radical (unpaired) electrons. The van der Waals surface area contributed by atoms with Gasteiger partial charge in [0.1, 0.15) is 11.8 Å². The van der Waals surface area contributed by atoms with Crippen molar-refractivity contribution in [2.45, 2.75) is 25.8 Å². The van der Waals surface area contributed by atoms with Gasteiger partial charge in [-0.05, 0) is 54.0 Å². The predicted octanol–water partition coefficient (Wildman–Crippen LogP) is 4.61. The maximum absolute atomic E-state index is 14.0. The molecule has 38 heavy (non-hydrogen) atoms. The van der Waals surface area contributed by atoms with Crippen LogP contribution < -0.4 is 4.74 Å². The van der Waals surface area contributed by atoms with E-state index in [1.807, 2.05) is 54.6 Å². The van der Waals surface area contributed by atoms with Crippen molar-refractivity contribution in [3.63, 3.8) is 0 Å². The number of nitrogens with zero attached hydrogens (tertiary/aromatic N) is 1. The molecule has 1 heterocycles. The molecule has 6 heteroatoms. The minimum absolute atomic E-state index is 0.0622. The van der Waals surface area contributed by atoms with Crippen LogP contribution in [0.15, 0.2) is 78.9 Å². The number of esters is 1. The molecule has 0 unspecified atom stereocenters. The minimum atomic E-state index is -1.13. The minimum Gasteiger partial charge on any atom is -0.424 e. The van der Waals surface area contributed by atoms with Gasteiger partial charge in [-0.15, -0.1) is 0 Å². The fourth-order valence-corrected chi connectivity index (χ4v) is 7.20. The summed E-state index contributed by atoms with van der Waals surface area (Å²) in [5, 5.41) is 1.45. The number of rotatable bonds is 6. The molecule has 3 fully saturated rings. The number of carbonyl (C=O) groups is 4. The van der Waals surface area contributed by atoms with Gasteiger partial charge in [-0.1, -0.05) is 72.8 Å². The number of fused-ring (bicyclic) bond motifs is 1. The summed E-state index contributed by atoms with van der Waals surface area (Å²) in [6.07, 6.45) is 5.45. The number of amides is 2. The van der Waals surface area contributed by atoms with Crippen LogP contribution in [0.2, 0.25) is 0 Å². The summed E-state index contributed by atoms with van der Waals surface area (Å²) >= 11 is 0. The molecule has 8 rings (SSSR count). The largest absolute Gasteiger partial charge is 0.424 e. The van der Waals surface area contributed by atoms with E-state index in [0.717, 1.165) is 17.4 Å². The second kappa shape index (κ2) is 8.48. The Kier molecular flexibility index (Phi) is 5.15. The van der Waals surface area contributed by atoms with E-state index in [-0.39, 0.29) is 47.2 Å². The predicted molar refractivity (Wildman–Crippen MR) is 140 cm³/mol. The lowest BCUT2D eigenvalue weighted by Crippen LogP contribution is -2.48. The Labute approximate surface area is 220 Å². The van der Waals surface area contributed by atoms with Gasteiger partial charge >= 0.3 is 5.97 Å². The first-order valence-corrected chi connectivity index (χ1v) is 13.3. The molecule has 190 valence electrons. The first-order chi connectivity index (χ1) is 18.4. The summed E-state index contributed by atoms with van der Waals surface area (Å²) in [4.78, 5) is 55.4. The fourth-order valence-electron chi connectivity index (χ4n) is 7.20. The first kappa shape index (κ1) is 23.1. The van der Waals surface area contributed by atoms with Crippen molar-refractivity contribution in [3.05, 3.63) is 90.0 Å². The molecule has 3 aromatic carbocycles. The number of allylic oxidation sites excluding steroid dienone is 2. The lowest BCUT2D eigenvalue weighted by molar-refractivity contribution is -0.153. The number of imide groups is 1. The third-order valence-electron chi connectivity index (χ3n) is 9.01. The van der Waals surface area contributed by atoms with Crippen molar-refractivity contribution in [3.8, 4) is 5.75 Å². The molecule has 0 N–H and O–H groups in total. The summed E-state index contributed by atoms with van der Waals surface area (Å²) < 4.78 is 5.99. The Morgan fingerprint density at radius 3 is 2.16 bits per heavy atom. The molecular weight excluding hydrogens is 478 g/mol. The summed E-state index contributed by atoms with van der Waals surface area (Å²) in [5.41, 5.74) is 1.10. The van der Waals surface area contributed by atoms with Crippen LogP contribution in [-0.4, -0.2) is 34.5 Å². The lowest BCUT2D eigenvalue weighted by atomic mass is 9.63. The van der Waals surface area contributed by atoms with Crippen LogP contribution in [0.3, 0.4) is 0 Å². The van der Waals surface area contributed by atoms with E-state index in [0.29, 0.717) is 17.2 Å². The second-order valence-corrected chi connectivity index (χ2v) is 11.0. The van der Waals surface area contributed by atoms with Crippen LogP contribution in [0.5, 0.6) is 5.75 Å². The monoisotopic (exact) mass is 505 g/mol. The van der Waals surface area contributed by atoms with Crippen LogP contribution >= 0.6 is 0 Å². The van der Waals surface area contributed by atoms with E-state index in [9.17, 15) is 19.2 Å². The maximum atomic E-state index is 14.0. The van der Waals surface area contributed by atoms with Crippen molar-refractivity contribution in [2.24, 2.45) is 35.5 Å². The molecule has 3 aromatic rings. The van der Waals surface area contributed by atoms with Gasteiger partial charge in [0, 0.05) is 11.8 Å². The summed E-state index contributed by atoms with van der Waals surface area (Å²) in [6, 6.07) is 19.1.